The molecule has 1 aliphatic heterocycles. The van der Waals surface area contributed by atoms with Gasteiger partial charge in [-0.3, -0.25) is 9.59 Å². The Balaban J connectivity index is 1.87. The molecule has 0 amide bonds. The van der Waals surface area contributed by atoms with E-state index in [0.29, 0.717) is 23.0 Å². The molecule has 0 spiro atoms. The number of Topliss-reactive ketones (excluding diaryl/α,β-unsaturated/α-hetero) is 1. The fraction of sp³-hybridized carbons (Fsp3) is 0.409. The molecule has 7 heteroatoms. The first-order valence-electron chi connectivity index (χ1n) is 10.1. The second-order valence-corrected chi connectivity index (χ2v) is 8.12. The van der Waals surface area contributed by atoms with Crippen LogP contribution in [0, 0.1) is 0 Å². The molecule has 6 nitrogen and oxygen atoms in total. The van der Waals surface area contributed by atoms with Gasteiger partial charge in [0.1, 0.15) is 5.82 Å². The fourth-order valence-corrected chi connectivity index (χ4v) is 4.71. The molecule has 0 fully saturated rings. The van der Waals surface area contributed by atoms with Crippen molar-refractivity contribution in [3.63, 3.8) is 0 Å². The maximum Gasteiger partial charge on any atom is 0.257 e. The van der Waals surface area contributed by atoms with Crippen LogP contribution >= 0.6 is 11.8 Å². The highest BCUT2D eigenvalue weighted by atomic mass is 32.2. The molecule has 2 heterocycles. The highest BCUT2D eigenvalue weighted by molar-refractivity contribution is 7.98. The number of carbonyl (C=O) groups excluding carboxylic acids is 1. The summed E-state index contributed by atoms with van der Waals surface area (Å²) in [6, 6.07) is 8.24. The van der Waals surface area contributed by atoms with Crippen molar-refractivity contribution in [1.82, 2.24) is 9.97 Å². The maximum atomic E-state index is 13.0. The van der Waals surface area contributed by atoms with E-state index >= 15 is 0 Å². The molecule has 152 valence electrons. The lowest BCUT2D eigenvalue weighted by Gasteiger charge is -2.33. The van der Waals surface area contributed by atoms with E-state index in [1.165, 1.54) is 11.8 Å². The molecule has 0 radical (unpaired) electrons. The summed E-state index contributed by atoms with van der Waals surface area (Å²) in [4.78, 5) is 35.6. The molecule has 0 saturated carbocycles. The standard InChI is InChI=1S/C22H26N4O2S/c1-4-26(5-2)14-11-9-13(10-12-14)17-18-15(7-6-8-16(18)27)23-20-19(17)21(28)25-22(24-20)29-3/h9-12,17H,4-8H2,1-3H3,(H2,23,24,25,28). The van der Waals surface area contributed by atoms with E-state index in [4.69, 9.17) is 0 Å². The molecule has 2 aliphatic rings. The van der Waals surface area contributed by atoms with Gasteiger partial charge in [-0.2, -0.15) is 0 Å². The van der Waals surface area contributed by atoms with Gasteiger partial charge in [0.05, 0.1) is 5.56 Å². The second kappa shape index (κ2) is 8.06. The lowest BCUT2D eigenvalue weighted by molar-refractivity contribution is -0.116. The van der Waals surface area contributed by atoms with Gasteiger partial charge in [0.25, 0.3) is 5.56 Å². The van der Waals surface area contributed by atoms with Crippen LogP contribution in [0.3, 0.4) is 0 Å². The Labute approximate surface area is 174 Å². The minimum absolute atomic E-state index is 0.121. The molecule has 1 aromatic heterocycles. The van der Waals surface area contributed by atoms with E-state index in [2.05, 4.69) is 46.2 Å². The van der Waals surface area contributed by atoms with Gasteiger partial charge in [0, 0.05) is 42.4 Å². The largest absolute Gasteiger partial charge is 0.372 e. The van der Waals surface area contributed by atoms with Gasteiger partial charge in [0.2, 0.25) is 0 Å². The average Bonchev–Trinajstić information content (AvgIpc) is 2.74. The number of hydrogen-bond acceptors (Lipinski definition) is 6. The van der Waals surface area contributed by atoms with E-state index in [1.807, 2.05) is 18.4 Å². The van der Waals surface area contributed by atoms with E-state index in [9.17, 15) is 9.59 Å². The molecule has 29 heavy (non-hydrogen) atoms. The van der Waals surface area contributed by atoms with Crippen LogP contribution in [0.25, 0.3) is 0 Å². The predicted octanol–water partition coefficient (Wildman–Crippen LogP) is 3.90. The summed E-state index contributed by atoms with van der Waals surface area (Å²) in [6.07, 6.45) is 4.04. The lowest BCUT2D eigenvalue weighted by Crippen LogP contribution is -2.32. The molecule has 0 bridgehead atoms. The number of aromatic amines is 1. The Morgan fingerprint density at radius 2 is 1.86 bits per heavy atom. The van der Waals surface area contributed by atoms with Crippen LogP contribution in [-0.2, 0) is 4.79 Å². The molecule has 1 aromatic carbocycles. The number of aromatic nitrogens is 2. The van der Waals surface area contributed by atoms with E-state index in [-0.39, 0.29) is 17.3 Å². The van der Waals surface area contributed by atoms with Crippen LogP contribution in [0.15, 0.2) is 45.5 Å². The molecule has 1 unspecified atom stereocenters. The number of nitrogens with zero attached hydrogens (tertiary/aromatic N) is 2. The number of anilines is 2. The molecular weight excluding hydrogens is 384 g/mol. The van der Waals surface area contributed by atoms with Crippen molar-refractivity contribution in [2.75, 3.05) is 29.6 Å². The fourth-order valence-electron chi connectivity index (χ4n) is 4.34. The van der Waals surface area contributed by atoms with Crippen molar-refractivity contribution in [2.45, 2.75) is 44.2 Å². The number of hydrogen-bond donors (Lipinski definition) is 2. The summed E-state index contributed by atoms with van der Waals surface area (Å²) in [5.74, 6) is 0.312. The molecule has 4 rings (SSSR count). The maximum absolute atomic E-state index is 13.0. The number of allylic oxidation sites excluding steroid dienone is 2. The molecule has 1 atom stereocenters. The van der Waals surface area contributed by atoms with Gasteiger partial charge in [-0.15, -0.1) is 0 Å². The van der Waals surface area contributed by atoms with Crippen LogP contribution in [0.5, 0.6) is 0 Å². The van der Waals surface area contributed by atoms with Crippen molar-refractivity contribution < 1.29 is 4.79 Å². The third kappa shape index (κ3) is 3.48. The number of fused-ring (bicyclic) bond motifs is 1. The van der Waals surface area contributed by atoms with Crippen LogP contribution in [0.1, 0.15) is 50.2 Å². The SMILES string of the molecule is CCN(CC)c1ccc(C2C3=C(CCCC3=O)Nc3nc(SC)[nH]c(=O)c32)cc1. The van der Waals surface area contributed by atoms with Gasteiger partial charge >= 0.3 is 0 Å². The van der Waals surface area contributed by atoms with E-state index in [0.717, 1.165) is 48.5 Å². The van der Waals surface area contributed by atoms with Gasteiger partial charge in [-0.1, -0.05) is 23.9 Å². The predicted molar refractivity (Wildman–Crippen MR) is 118 cm³/mol. The van der Waals surface area contributed by atoms with Crippen LogP contribution in [0.2, 0.25) is 0 Å². The number of ketones is 1. The first kappa shape index (κ1) is 19.8. The topological polar surface area (TPSA) is 78.1 Å². The number of nitrogens with one attached hydrogen (secondary N) is 2. The van der Waals surface area contributed by atoms with Crippen LogP contribution in [-0.4, -0.2) is 35.1 Å². The second-order valence-electron chi connectivity index (χ2n) is 7.33. The Kier molecular flexibility index (Phi) is 5.50. The average molecular weight is 411 g/mol. The molecule has 2 aromatic rings. The van der Waals surface area contributed by atoms with Crippen molar-refractivity contribution >= 4 is 29.1 Å². The quantitative estimate of drug-likeness (QED) is 0.575. The van der Waals surface area contributed by atoms with E-state index in [1.54, 1.807) is 0 Å². The third-order valence-corrected chi connectivity index (χ3v) is 6.36. The number of benzene rings is 1. The van der Waals surface area contributed by atoms with Crippen LogP contribution in [0.4, 0.5) is 11.5 Å². The molecule has 2 N–H and O–H groups in total. The number of rotatable bonds is 5. The summed E-state index contributed by atoms with van der Waals surface area (Å²) in [5, 5.41) is 3.87. The zero-order chi connectivity index (χ0) is 20.5. The first-order valence-corrected chi connectivity index (χ1v) is 11.4. The Morgan fingerprint density at radius 3 is 2.52 bits per heavy atom. The first-order chi connectivity index (χ1) is 14.1. The summed E-state index contributed by atoms with van der Waals surface area (Å²) >= 11 is 1.40. The molecule has 1 aliphatic carbocycles. The number of thioether (sulfide) groups is 1. The molecular formula is C22H26N4O2S. The minimum atomic E-state index is -0.382. The Hall–Kier alpha value is -2.54. The summed E-state index contributed by atoms with van der Waals surface area (Å²) in [7, 11) is 0. The number of H-pyrrole nitrogens is 1. The van der Waals surface area contributed by atoms with Crippen molar-refractivity contribution in [3.8, 4) is 0 Å². The zero-order valence-corrected chi connectivity index (χ0v) is 17.9. The zero-order valence-electron chi connectivity index (χ0n) is 17.0. The lowest BCUT2D eigenvalue weighted by atomic mass is 9.76. The van der Waals surface area contributed by atoms with Crippen molar-refractivity contribution in [3.05, 3.63) is 57.0 Å². The summed E-state index contributed by atoms with van der Waals surface area (Å²) in [5.41, 5.74) is 4.08. The number of carbonyl (C=O) groups is 1. The molecule has 0 saturated heterocycles. The normalized spacial score (nSPS) is 18.2. The van der Waals surface area contributed by atoms with Gasteiger partial charge < -0.3 is 15.2 Å². The monoisotopic (exact) mass is 410 g/mol. The third-order valence-electron chi connectivity index (χ3n) is 5.78. The van der Waals surface area contributed by atoms with Gasteiger partial charge in [-0.25, -0.2) is 4.98 Å². The van der Waals surface area contributed by atoms with Crippen molar-refractivity contribution in [1.29, 1.82) is 0 Å². The van der Waals surface area contributed by atoms with Gasteiger partial charge in [0.15, 0.2) is 10.9 Å². The van der Waals surface area contributed by atoms with Gasteiger partial charge in [-0.05, 0) is 50.6 Å². The van der Waals surface area contributed by atoms with E-state index < -0.39 is 0 Å². The Bertz CT molecular complexity index is 1020. The highest BCUT2D eigenvalue weighted by Crippen LogP contribution is 2.43. The highest BCUT2D eigenvalue weighted by Gasteiger charge is 2.37. The summed E-state index contributed by atoms with van der Waals surface area (Å²) in [6.45, 7) is 6.13. The van der Waals surface area contributed by atoms with Crippen LogP contribution < -0.4 is 15.8 Å². The Morgan fingerprint density at radius 1 is 1.14 bits per heavy atom. The van der Waals surface area contributed by atoms with Crippen molar-refractivity contribution in [2.24, 2.45) is 0 Å². The summed E-state index contributed by atoms with van der Waals surface area (Å²) < 4.78 is 0. The smallest absolute Gasteiger partial charge is 0.257 e. The minimum Gasteiger partial charge on any atom is -0.372 e.